The lowest BCUT2D eigenvalue weighted by atomic mass is 9.89. The van der Waals surface area contributed by atoms with Crippen molar-refractivity contribution in [1.82, 2.24) is 10.1 Å². The minimum Gasteiger partial charge on any atom is -0.478 e. The van der Waals surface area contributed by atoms with E-state index < -0.39 is 5.97 Å². The van der Waals surface area contributed by atoms with Crippen LogP contribution in [0.5, 0.6) is 0 Å². The fourth-order valence-electron chi connectivity index (χ4n) is 3.82. The van der Waals surface area contributed by atoms with Crippen LogP contribution in [0.25, 0.3) is 0 Å². The molecule has 1 aliphatic heterocycles. The number of aromatic carboxylic acids is 1. The molecule has 1 saturated carbocycles. The van der Waals surface area contributed by atoms with Crippen LogP contribution in [0.1, 0.15) is 61.0 Å². The average Bonchev–Trinajstić information content (AvgIpc) is 3.15. The lowest BCUT2D eigenvalue weighted by Crippen LogP contribution is -2.42. The Morgan fingerprint density at radius 2 is 2.00 bits per heavy atom. The summed E-state index contributed by atoms with van der Waals surface area (Å²) in [5.74, 6) is 0.00376. The van der Waals surface area contributed by atoms with Crippen LogP contribution in [0.2, 0.25) is 0 Å². The minimum atomic E-state index is -1.01. The van der Waals surface area contributed by atoms with Crippen LogP contribution < -0.4 is 0 Å². The van der Waals surface area contributed by atoms with Gasteiger partial charge in [0.1, 0.15) is 17.5 Å². The number of piperidine rings is 1. The van der Waals surface area contributed by atoms with Crippen LogP contribution in [0, 0.1) is 11.8 Å². The molecule has 1 amide bonds. The van der Waals surface area contributed by atoms with Crippen molar-refractivity contribution in [1.29, 1.82) is 0 Å². The summed E-state index contributed by atoms with van der Waals surface area (Å²) in [6.07, 6.45) is 5.99. The van der Waals surface area contributed by atoms with Gasteiger partial charge in [0.15, 0.2) is 0 Å². The maximum absolute atomic E-state index is 12.6. The van der Waals surface area contributed by atoms with E-state index in [9.17, 15) is 9.59 Å². The second-order valence-corrected chi connectivity index (χ2v) is 6.53. The fourth-order valence-corrected chi connectivity index (χ4v) is 3.82. The Labute approximate surface area is 129 Å². The van der Waals surface area contributed by atoms with Crippen molar-refractivity contribution in [2.75, 3.05) is 13.1 Å². The SMILES string of the molecule is CC1CCCC1C(=O)N1CCC(c2nocc2C(=O)O)CC1. The minimum absolute atomic E-state index is 0.0647. The van der Waals surface area contributed by atoms with E-state index in [4.69, 9.17) is 9.63 Å². The number of hydrogen-bond acceptors (Lipinski definition) is 4. The lowest BCUT2D eigenvalue weighted by Gasteiger charge is -2.33. The molecule has 6 heteroatoms. The van der Waals surface area contributed by atoms with Gasteiger partial charge in [-0.25, -0.2) is 4.79 Å². The first-order valence-electron chi connectivity index (χ1n) is 8.04. The molecule has 2 atom stereocenters. The smallest absolute Gasteiger partial charge is 0.340 e. The Morgan fingerprint density at radius 3 is 2.59 bits per heavy atom. The molecule has 22 heavy (non-hydrogen) atoms. The highest BCUT2D eigenvalue weighted by Crippen LogP contribution is 2.35. The highest BCUT2D eigenvalue weighted by molar-refractivity contribution is 5.88. The first kappa shape index (κ1) is 15.1. The zero-order valence-corrected chi connectivity index (χ0v) is 12.8. The molecule has 3 rings (SSSR count). The molecular formula is C16H22N2O4. The van der Waals surface area contributed by atoms with Crippen molar-refractivity contribution in [2.24, 2.45) is 11.8 Å². The number of likely N-dealkylation sites (tertiary alicyclic amines) is 1. The third kappa shape index (κ3) is 2.74. The topological polar surface area (TPSA) is 83.6 Å². The Bertz CT molecular complexity index is 560. The van der Waals surface area contributed by atoms with Gasteiger partial charge in [0.05, 0.1) is 0 Å². The Morgan fingerprint density at radius 1 is 1.27 bits per heavy atom. The van der Waals surface area contributed by atoms with E-state index in [2.05, 4.69) is 12.1 Å². The molecule has 0 bridgehead atoms. The van der Waals surface area contributed by atoms with Gasteiger partial charge in [-0.1, -0.05) is 18.5 Å². The maximum atomic E-state index is 12.6. The van der Waals surface area contributed by atoms with Crippen molar-refractivity contribution in [3.8, 4) is 0 Å². The van der Waals surface area contributed by atoms with Crippen molar-refractivity contribution in [3.63, 3.8) is 0 Å². The van der Waals surface area contributed by atoms with Crippen LogP contribution in [-0.4, -0.2) is 40.1 Å². The molecule has 1 saturated heterocycles. The number of amides is 1. The molecule has 0 aromatic carbocycles. The summed E-state index contributed by atoms with van der Waals surface area (Å²) in [7, 11) is 0. The van der Waals surface area contributed by atoms with E-state index in [-0.39, 0.29) is 23.3 Å². The van der Waals surface area contributed by atoms with Crippen molar-refractivity contribution >= 4 is 11.9 Å². The maximum Gasteiger partial charge on any atom is 0.340 e. The molecule has 1 N–H and O–H groups in total. The van der Waals surface area contributed by atoms with Gasteiger partial charge in [-0.15, -0.1) is 0 Å². The molecule has 6 nitrogen and oxygen atoms in total. The Kier molecular flexibility index (Phi) is 4.18. The molecule has 2 heterocycles. The van der Waals surface area contributed by atoms with Gasteiger partial charge >= 0.3 is 5.97 Å². The second-order valence-electron chi connectivity index (χ2n) is 6.53. The highest BCUT2D eigenvalue weighted by atomic mass is 16.5. The lowest BCUT2D eigenvalue weighted by molar-refractivity contribution is -0.137. The molecule has 1 aliphatic carbocycles. The van der Waals surface area contributed by atoms with Crippen LogP contribution in [-0.2, 0) is 4.79 Å². The molecule has 120 valence electrons. The monoisotopic (exact) mass is 306 g/mol. The molecular weight excluding hydrogens is 284 g/mol. The van der Waals surface area contributed by atoms with E-state index in [1.807, 2.05) is 4.90 Å². The zero-order valence-electron chi connectivity index (χ0n) is 12.8. The van der Waals surface area contributed by atoms with Gasteiger partial charge in [-0.05, 0) is 31.6 Å². The third-order valence-electron chi connectivity index (χ3n) is 5.20. The quantitative estimate of drug-likeness (QED) is 0.927. The largest absolute Gasteiger partial charge is 0.478 e. The first-order valence-corrected chi connectivity index (χ1v) is 8.04. The summed E-state index contributed by atoms with van der Waals surface area (Å²) in [6, 6.07) is 0. The van der Waals surface area contributed by atoms with Crippen molar-refractivity contribution < 1.29 is 19.2 Å². The van der Waals surface area contributed by atoms with Crippen LogP contribution in [0.15, 0.2) is 10.8 Å². The summed E-state index contributed by atoms with van der Waals surface area (Å²) in [4.78, 5) is 25.7. The number of rotatable bonds is 3. The van der Waals surface area contributed by atoms with E-state index in [0.29, 0.717) is 24.7 Å². The molecule has 0 radical (unpaired) electrons. The second kappa shape index (κ2) is 6.10. The molecule has 1 aromatic rings. The zero-order chi connectivity index (χ0) is 15.7. The first-order chi connectivity index (χ1) is 10.6. The number of carbonyl (C=O) groups excluding carboxylic acids is 1. The number of carboxylic acid groups (broad SMARTS) is 1. The number of hydrogen-bond donors (Lipinski definition) is 1. The van der Waals surface area contributed by atoms with Crippen molar-refractivity contribution in [3.05, 3.63) is 17.5 Å². The average molecular weight is 306 g/mol. The van der Waals surface area contributed by atoms with Crippen LogP contribution in [0.4, 0.5) is 0 Å². The summed E-state index contributed by atoms with van der Waals surface area (Å²) in [5.41, 5.74) is 0.669. The Hall–Kier alpha value is -1.85. The van der Waals surface area contributed by atoms with E-state index in [1.54, 1.807) is 0 Å². The molecule has 1 aromatic heterocycles. The van der Waals surface area contributed by atoms with Gasteiger partial charge in [-0.2, -0.15) is 0 Å². The van der Waals surface area contributed by atoms with Gasteiger partial charge in [-0.3, -0.25) is 4.79 Å². The summed E-state index contributed by atoms with van der Waals surface area (Å²) in [6.45, 7) is 3.52. The van der Waals surface area contributed by atoms with Gasteiger partial charge in [0.2, 0.25) is 5.91 Å². The van der Waals surface area contributed by atoms with Gasteiger partial charge in [0, 0.05) is 24.9 Å². The summed E-state index contributed by atoms with van der Waals surface area (Å²) in [5, 5.41) is 13.0. The van der Waals surface area contributed by atoms with Gasteiger partial charge in [0.25, 0.3) is 0 Å². The Balaban J connectivity index is 1.61. The molecule has 2 aliphatic rings. The molecule has 2 unspecified atom stereocenters. The third-order valence-corrected chi connectivity index (χ3v) is 5.20. The van der Waals surface area contributed by atoms with Crippen LogP contribution in [0.3, 0.4) is 0 Å². The van der Waals surface area contributed by atoms with Crippen molar-refractivity contribution in [2.45, 2.75) is 44.9 Å². The fraction of sp³-hybridized carbons (Fsp3) is 0.688. The van der Waals surface area contributed by atoms with Gasteiger partial charge < -0.3 is 14.5 Å². The van der Waals surface area contributed by atoms with E-state index in [0.717, 1.165) is 32.1 Å². The number of carboxylic acids is 1. The highest BCUT2D eigenvalue weighted by Gasteiger charge is 2.35. The molecule has 2 fully saturated rings. The summed E-state index contributed by atoms with van der Waals surface area (Å²) < 4.78 is 4.82. The number of aromatic nitrogens is 1. The summed E-state index contributed by atoms with van der Waals surface area (Å²) >= 11 is 0. The van der Waals surface area contributed by atoms with E-state index in [1.165, 1.54) is 6.26 Å². The predicted molar refractivity (Wildman–Crippen MR) is 78.5 cm³/mol. The predicted octanol–water partition coefficient (Wildman–Crippen LogP) is 2.52. The normalized spacial score (nSPS) is 26.3. The number of carbonyl (C=O) groups is 2. The number of nitrogens with zero attached hydrogens (tertiary/aromatic N) is 2. The van der Waals surface area contributed by atoms with E-state index >= 15 is 0 Å². The molecule has 0 spiro atoms. The standard InChI is InChI=1S/C16H22N2O4/c1-10-3-2-4-12(10)15(19)18-7-5-11(6-8-18)14-13(16(20)21)9-22-17-14/h9-12H,2-8H2,1H3,(H,20,21). The van der Waals surface area contributed by atoms with Crippen LogP contribution >= 0.6 is 0 Å².